The molecule has 3 rings (SSSR count). The Kier molecular flexibility index (Phi) is 3.37. The first-order valence-electron chi connectivity index (χ1n) is 5.96. The predicted molar refractivity (Wildman–Crippen MR) is 85.2 cm³/mol. The van der Waals surface area contributed by atoms with Crippen LogP contribution in [-0.2, 0) is 0 Å². The summed E-state index contributed by atoms with van der Waals surface area (Å²) in [5, 5.41) is 12.0. The number of nitrogen functional groups attached to an aromatic ring is 1. The Hall–Kier alpha value is -1.99. The van der Waals surface area contributed by atoms with Crippen molar-refractivity contribution in [2.45, 2.75) is 0 Å². The second kappa shape index (κ2) is 5.18. The van der Waals surface area contributed by atoms with Gasteiger partial charge in [-0.1, -0.05) is 11.3 Å². The summed E-state index contributed by atoms with van der Waals surface area (Å²) < 4.78 is 0. The van der Waals surface area contributed by atoms with E-state index in [1.807, 2.05) is 19.5 Å². The molecule has 0 bridgehead atoms. The highest BCUT2D eigenvalue weighted by molar-refractivity contribution is 7.19. The molecule has 0 aliphatic carbocycles. The van der Waals surface area contributed by atoms with E-state index < -0.39 is 0 Å². The van der Waals surface area contributed by atoms with E-state index in [1.165, 1.54) is 17.0 Å². The largest absolute Gasteiger partial charge is 0.378 e. The monoisotopic (exact) mass is 303 g/mol. The van der Waals surface area contributed by atoms with Gasteiger partial charge in [-0.2, -0.15) is 0 Å². The minimum absolute atomic E-state index is 0.463. The fraction of sp³-hybridized carbons (Fsp3) is 0.154. The van der Waals surface area contributed by atoms with E-state index in [9.17, 15) is 0 Å². The van der Waals surface area contributed by atoms with Crippen LogP contribution in [0.1, 0.15) is 0 Å². The van der Waals surface area contributed by atoms with Gasteiger partial charge in [0.15, 0.2) is 5.01 Å². The summed E-state index contributed by atoms with van der Waals surface area (Å²) >= 11 is 2.94. The zero-order valence-electron chi connectivity index (χ0n) is 11.1. The second-order valence-corrected chi connectivity index (χ2v) is 6.29. The first-order chi connectivity index (χ1) is 9.63. The molecule has 20 heavy (non-hydrogen) atoms. The standard InChI is InChI=1S/C13H13N5S2/c1-18(2)9-5-3-8(4-6-9)11-15-10(7-19-11)12-16-17-13(14)20-12/h3-7H,1-2H3,(H2,14,17). The van der Waals surface area contributed by atoms with Crippen molar-refractivity contribution in [2.75, 3.05) is 24.7 Å². The molecule has 0 fully saturated rings. The second-order valence-electron chi connectivity index (χ2n) is 4.42. The van der Waals surface area contributed by atoms with Gasteiger partial charge in [-0.3, -0.25) is 0 Å². The molecule has 7 heteroatoms. The summed E-state index contributed by atoms with van der Waals surface area (Å²) in [6.45, 7) is 0. The molecule has 1 aromatic carbocycles. The molecule has 102 valence electrons. The van der Waals surface area contributed by atoms with Gasteiger partial charge in [0.05, 0.1) is 0 Å². The molecule has 0 unspecified atom stereocenters. The van der Waals surface area contributed by atoms with Gasteiger partial charge < -0.3 is 10.6 Å². The van der Waals surface area contributed by atoms with E-state index in [1.54, 1.807) is 11.3 Å². The lowest BCUT2D eigenvalue weighted by molar-refractivity contribution is 1.10. The zero-order valence-corrected chi connectivity index (χ0v) is 12.7. The fourth-order valence-electron chi connectivity index (χ4n) is 1.74. The van der Waals surface area contributed by atoms with Gasteiger partial charge in [0.1, 0.15) is 10.7 Å². The molecular weight excluding hydrogens is 290 g/mol. The van der Waals surface area contributed by atoms with Crippen LogP contribution in [0.4, 0.5) is 10.8 Å². The molecule has 0 amide bonds. The van der Waals surface area contributed by atoms with Crippen molar-refractivity contribution in [3.05, 3.63) is 29.6 Å². The van der Waals surface area contributed by atoms with Gasteiger partial charge in [-0.15, -0.1) is 21.5 Å². The molecule has 2 aromatic heterocycles. The number of nitrogens with zero attached hydrogens (tertiary/aromatic N) is 4. The first-order valence-corrected chi connectivity index (χ1v) is 7.66. The van der Waals surface area contributed by atoms with Crippen molar-refractivity contribution in [2.24, 2.45) is 0 Å². The van der Waals surface area contributed by atoms with Crippen LogP contribution in [0.15, 0.2) is 29.6 Å². The van der Waals surface area contributed by atoms with Crippen molar-refractivity contribution in [1.82, 2.24) is 15.2 Å². The Labute approximate surface area is 124 Å². The predicted octanol–water partition coefficient (Wildman–Crippen LogP) is 2.98. The van der Waals surface area contributed by atoms with Crippen LogP contribution in [0.25, 0.3) is 21.3 Å². The van der Waals surface area contributed by atoms with Crippen LogP contribution >= 0.6 is 22.7 Å². The molecule has 0 saturated carbocycles. The molecule has 0 saturated heterocycles. The Morgan fingerprint density at radius 3 is 2.40 bits per heavy atom. The van der Waals surface area contributed by atoms with Gasteiger partial charge in [0, 0.05) is 30.7 Å². The Bertz CT molecular complexity index is 714. The molecule has 0 aliphatic rings. The summed E-state index contributed by atoms with van der Waals surface area (Å²) in [7, 11) is 4.05. The highest BCUT2D eigenvalue weighted by Gasteiger charge is 2.10. The number of thiazole rings is 1. The number of nitrogens with two attached hydrogens (primary N) is 1. The van der Waals surface area contributed by atoms with Crippen molar-refractivity contribution in [1.29, 1.82) is 0 Å². The van der Waals surface area contributed by atoms with Crippen molar-refractivity contribution >= 4 is 33.5 Å². The molecule has 3 aromatic rings. The SMILES string of the molecule is CN(C)c1ccc(-c2nc(-c3nnc(N)s3)cs2)cc1. The average Bonchev–Trinajstić information content (AvgIpc) is 3.07. The van der Waals surface area contributed by atoms with E-state index >= 15 is 0 Å². The lowest BCUT2D eigenvalue weighted by atomic mass is 10.2. The first kappa shape index (κ1) is 13.0. The van der Waals surface area contributed by atoms with Crippen LogP contribution < -0.4 is 10.6 Å². The molecular formula is C13H13N5S2. The summed E-state index contributed by atoms with van der Waals surface area (Å²) in [5.41, 5.74) is 8.69. The lowest BCUT2D eigenvalue weighted by Gasteiger charge is -2.11. The number of hydrogen-bond donors (Lipinski definition) is 1. The third kappa shape index (κ3) is 2.50. The maximum atomic E-state index is 5.59. The van der Waals surface area contributed by atoms with E-state index in [0.29, 0.717) is 5.13 Å². The maximum Gasteiger partial charge on any atom is 0.203 e. The lowest BCUT2D eigenvalue weighted by Crippen LogP contribution is -2.07. The molecule has 0 atom stereocenters. The fourth-order valence-corrected chi connectivity index (χ4v) is 3.20. The Morgan fingerprint density at radius 1 is 1.05 bits per heavy atom. The number of anilines is 2. The average molecular weight is 303 g/mol. The van der Waals surface area contributed by atoms with Gasteiger partial charge in [-0.05, 0) is 24.3 Å². The van der Waals surface area contributed by atoms with Crippen LogP contribution in [0, 0.1) is 0 Å². The molecule has 2 N–H and O–H groups in total. The minimum atomic E-state index is 0.463. The highest BCUT2D eigenvalue weighted by atomic mass is 32.1. The summed E-state index contributed by atoms with van der Waals surface area (Å²) in [4.78, 5) is 6.67. The van der Waals surface area contributed by atoms with Crippen LogP contribution in [0.2, 0.25) is 0 Å². The van der Waals surface area contributed by atoms with E-state index in [0.717, 1.165) is 21.3 Å². The summed E-state index contributed by atoms with van der Waals surface area (Å²) in [6, 6.07) is 8.32. The number of aromatic nitrogens is 3. The zero-order chi connectivity index (χ0) is 14.1. The van der Waals surface area contributed by atoms with Gasteiger partial charge in [0.2, 0.25) is 5.13 Å². The maximum absolute atomic E-state index is 5.59. The van der Waals surface area contributed by atoms with Crippen molar-refractivity contribution < 1.29 is 0 Å². The van der Waals surface area contributed by atoms with Crippen molar-refractivity contribution in [3.63, 3.8) is 0 Å². The highest BCUT2D eigenvalue weighted by Crippen LogP contribution is 2.31. The van der Waals surface area contributed by atoms with Crippen molar-refractivity contribution in [3.8, 4) is 21.3 Å². The number of benzene rings is 1. The topological polar surface area (TPSA) is 67.9 Å². The number of rotatable bonds is 3. The molecule has 2 heterocycles. The Balaban J connectivity index is 1.90. The van der Waals surface area contributed by atoms with Crippen LogP contribution in [-0.4, -0.2) is 29.3 Å². The van der Waals surface area contributed by atoms with E-state index in [4.69, 9.17) is 5.73 Å². The van der Waals surface area contributed by atoms with Crippen LogP contribution in [0.5, 0.6) is 0 Å². The Morgan fingerprint density at radius 2 is 1.80 bits per heavy atom. The third-order valence-electron chi connectivity index (χ3n) is 2.79. The molecule has 0 spiro atoms. The van der Waals surface area contributed by atoms with E-state index in [2.05, 4.69) is 44.3 Å². The summed E-state index contributed by atoms with van der Waals surface area (Å²) in [6.07, 6.45) is 0. The summed E-state index contributed by atoms with van der Waals surface area (Å²) in [5.74, 6) is 0. The van der Waals surface area contributed by atoms with E-state index in [-0.39, 0.29) is 0 Å². The normalized spacial score (nSPS) is 10.7. The molecule has 5 nitrogen and oxygen atoms in total. The quantitative estimate of drug-likeness (QED) is 0.805. The third-order valence-corrected chi connectivity index (χ3v) is 4.46. The van der Waals surface area contributed by atoms with Gasteiger partial charge >= 0.3 is 0 Å². The number of hydrogen-bond acceptors (Lipinski definition) is 7. The molecule has 0 radical (unpaired) electrons. The molecule has 0 aliphatic heterocycles. The van der Waals surface area contributed by atoms with Gasteiger partial charge in [-0.25, -0.2) is 4.98 Å². The smallest absolute Gasteiger partial charge is 0.203 e. The minimum Gasteiger partial charge on any atom is -0.378 e. The van der Waals surface area contributed by atoms with Crippen LogP contribution in [0.3, 0.4) is 0 Å². The van der Waals surface area contributed by atoms with Gasteiger partial charge in [0.25, 0.3) is 0 Å².